The maximum atomic E-state index is 13.6. The van der Waals surface area contributed by atoms with Crippen LogP contribution in [-0.2, 0) is 0 Å². The van der Waals surface area contributed by atoms with E-state index < -0.39 is 11.5 Å². The molecule has 1 saturated heterocycles. The first-order valence-corrected chi connectivity index (χ1v) is 9.07. The summed E-state index contributed by atoms with van der Waals surface area (Å²) >= 11 is 5.95. The van der Waals surface area contributed by atoms with Gasteiger partial charge in [0.15, 0.2) is 0 Å². The zero-order valence-corrected chi connectivity index (χ0v) is 14.8. The van der Waals surface area contributed by atoms with Crippen molar-refractivity contribution in [3.8, 4) is 0 Å². The molecule has 2 fully saturated rings. The number of rotatable bonds is 3. The molecule has 134 valence electrons. The average Bonchev–Trinajstić information content (AvgIpc) is 2.54. The smallest absolute Gasteiger partial charge is 0.248 e. The normalized spacial score (nSPS) is 26.2. The van der Waals surface area contributed by atoms with Crippen LogP contribution < -0.4 is 0 Å². The molecule has 1 unspecified atom stereocenters. The number of piperidine rings is 1. The highest BCUT2D eigenvalue weighted by molar-refractivity contribution is 6.30. The van der Waals surface area contributed by atoms with Gasteiger partial charge in [0.05, 0.1) is 10.6 Å². The Balaban J connectivity index is 1.88. The number of pyridine rings is 1. The number of aliphatic hydroxyl groups is 1. The molecule has 0 amide bonds. The molecule has 1 N–H and O–H groups in total. The summed E-state index contributed by atoms with van der Waals surface area (Å²) in [6.45, 7) is 1.62. The van der Waals surface area contributed by atoms with Crippen molar-refractivity contribution in [3.05, 3.63) is 29.0 Å². The molecule has 0 bridgehead atoms. The second kappa shape index (κ2) is 6.85. The van der Waals surface area contributed by atoms with E-state index in [9.17, 15) is 13.9 Å². The standard InChI is InChI=1S/C18H25ClF2N2O/c1-23-10-8-17(24,9-11-23)16(15-3-2-14(19)12-22-15)13-4-6-18(20,21)7-5-13/h2-3,12-13,16,24H,4-11H2,1H3. The molecule has 3 nitrogen and oxygen atoms in total. The number of halogens is 3. The van der Waals surface area contributed by atoms with Gasteiger partial charge in [0.2, 0.25) is 5.92 Å². The lowest BCUT2D eigenvalue weighted by Crippen LogP contribution is -2.49. The summed E-state index contributed by atoms with van der Waals surface area (Å²) in [7, 11) is 2.04. The molecule has 2 aliphatic rings. The van der Waals surface area contributed by atoms with Crippen LogP contribution in [0.5, 0.6) is 0 Å². The van der Waals surface area contributed by atoms with Crippen LogP contribution in [0, 0.1) is 5.92 Å². The quantitative estimate of drug-likeness (QED) is 0.883. The third kappa shape index (κ3) is 3.89. The lowest BCUT2D eigenvalue weighted by atomic mass is 9.66. The Morgan fingerprint density at radius 3 is 2.38 bits per heavy atom. The first-order chi connectivity index (χ1) is 11.3. The van der Waals surface area contributed by atoms with E-state index in [1.54, 1.807) is 12.3 Å². The minimum absolute atomic E-state index is 0.0340. The van der Waals surface area contributed by atoms with Crippen molar-refractivity contribution in [1.82, 2.24) is 9.88 Å². The van der Waals surface area contributed by atoms with Gasteiger partial charge < -0.3 is 10.0 Å². The molecule has 1 saturated carbocycles. The summed E-state index contributed by atoms with van der Waals surface area (Å²) in [5.74, 6) is -2.74. The highest BCUT2D eigenvalue weighted by Gasteiger charge is 2.47. The average molecular weight is 359 g/mol. The van der Waals surface area contributed by atoms with E-state index in [1.165, 1.54) is 0 Å². The highest BCUT2D eigenvalue weighted by Crippen LogP contribution is 2.48. The van der Waals surface area contributed by atoms with Crippen molar-refractivity contribution in [1.29, 1.82) is 0 Å². The highest BCUT2D eigenvalue weighted by atomic mass is 35.5. The van der Waals surface area contributed by atoms with Gasteiger partial charge in [-0.05, 0) is 50.8 Å². The third-order valence-electron chi connectivity index (χ3n) is 5.73. The summed E-state index contributed by atoms with van der Waals surface area (Å²) in [4.78, 5) is 6.63. The molecular weight excluding hydrogens is 334 g/mol. The summed E-state index contributed by atoms with van der Waals surface area (Å²) in [5, 5.41) is 11.9. The van der Waals surface area contributed by atoms with E-state index in [0.717, 1.165) is 18.8 Å². The molecular formula is C18H25ClF2N2O. The van der Waals surface area contributed by atoms with E-state index in [2.05, 4.69) is 9.88 Å². The lowest BCUT2D eigenvalue weighted by Gasteiger charge is -2.46. The second-order valence-corrected chi connectivity index (χ2v) is 7.92. The number of hydrogen-bond donors (Lipinski definition) is 1. The fraction of sp³-hybridized carbons (Fsp3) is 0.722. The minimum atomic E-state index is -2.57. The van der Waals surface area contributed by atoms with Crippen LogP contribution in [0.25, 0.3) is 0 Å². The number of hydrogen-bond acceptors (Lipinski definition) is 3. The number of likely N-dealkylation sites (tertiary alicyclic amines) is 1. The first kappa shape index (κ1) is 18.0. The SMILES string of the molecule is CN1CCC(O)(C(c2ccc(Cl)cn2)C2CCC(F)(F)CC2)CC1. The Hall–Kier alpha value is -0.780. The molecule has 3 rings (SSSR count). The van der Waals surface area contributed by atoms with Crippen molar-refractivity contribution in [3.63, 3.8) is 0 Å². The van der Waals surface area contributed by atoms with Gasteiger partial charge in [-0.2, -0.15) is 0 Å². The monoisotopic (exact) mass is 358 g/mol. The predicted octanol–water partition coefficient (Wildman–Crippen LogP) is 4.10. The third-order valence-corrected chi connectivity index (χ3v) is 5.96. The van der Waals surface area contributed by atoms with Crippen LogP contribution in [0.1, 0.15) is 50.1 Å². The van der Waals surface area contributed by atoms with Crippen LogP contribution in [-0.4, -0.2) is 46.7 Å². The molecule has 1 aliphatic heterocycles. The van der Waals surface area contributed by atoms with E-state index in [4.69, 9.17) is 11.6 Å². The van der Waals surface area contributed by atoms with Gasteiger partial charge in [-0.25, -0.2) is 8.78 Å². The van der Waals surface area contributed by atoms with Crippen LogP contribution in [0.2, 0.25) is 5.02 Å². The second-order valence-electron chi connectivity index (χ2n) is 7.48. The summed E-state index contributed by atoms with van der Waals surface area (Å²) in [6, 6.07) is 3.61. The Morgan fingerprint density at radius 1 is 1.21 bits per heavy atom. The zero-order chi connectivity index (χ0) is 17.4. The fourth-order valence-corrected chi connectivity index (χ4v) is 4.35. The van der Waals surface area contributed by atoms with Gasteiger partial charge in [-0.1, -0.05) is 11.6 Å². The topological polar surface area (TPSA) is 36.4 Å². The Bertz CT molecular complexity index is 549. The molecule has 6 heteroatoms. The van der Waals surface area contributed by atoms with Crippen LogP contribution in [0.3, 0.4) is 0 Å². The molecule has 2 heterocycles. The summed E-state index contributed by atoms with van der Waals surface area (Å²) in [6.07, 6.45) is 3.53. The van der Waals surface area contributed by atoms with E-state index >= 15 is 0 Å². The van der Waals surface area contributed by atoms with Gasteiger partial charge >= 0.3 is 0 Å². The molecule has 1 aromatic rings. The molecule has 0 radical (unpaired) electrons. The largest absolute Gasteiger partial charge is 0.389 e. The Labute approximate surface area is 147 Å². The Kier molecular flexibility index (Phi) is 5.14. The van der Waals surface area contributed by atoms with Gasteiger partial charge in [0.1, 0.15) is 0 Å². The molecule has 24 heavy (non-hydrogen) atoms. The zero-order valence-electron chi connectivity index (χ0n) is 14.0. The first-order valence-electron chi connectivity index (χ1n) is 8.69. The maximum Gasteiger partial charge on any atom is 0.248 e. The number of nitrogens with zero attached hydrogens (tertiary/aromatic N) is 2. The Morgan fingerprint density at radius 2 is 1.83 bits per heavy atom. The van der Waals surface area contributed by atoms with Crippen LogP contribution in [0.15, 0.2) is 18.3 Å². The number of aromatic nitrogens is 1. The summed E-state index contributed by atoms with van der Waals surface area (Å²) < 4.78 is 27.2. The number of alkyl halides is 2. The summed E-state index contributed by atoms with van der Waals surface area (Å²) in [5.41, 5.74) is -0.105. The van der Waals surface area contributed by atoms with Gasteiger partial charge in [-0.3, -0.25) is 4.98 Å². The fourth-order valence-electron chi connectivity index (χ4n) is 4.24. The van der Waals surface area contributed by atoms with E-state index in [0.29, 0.717) is 30.7 Å². The molecule has 0 spiro atoms. The van der Waals surface area contributed by atoms with E-state index in [1.807, 2.05) is 13.1 Å². The van der Waals surface area contributed by atoms with Crippen molar-refractivity contribution in [2.75, 3.05) is 20.1 Å². The van der Waals surface area contributed by atoms with Crippen LogP contribution >= 0.6 is 11.6 Å². The van der Waals surface area contributed by atoms with Gasteiger partial charge in [0, 0.05) is 43.7 Å². The van der Waals surface area contributed by atoms with Crippen molar-refractivity contribution < 1.29 is 13.9 Å². The minimum Gasteiger partial charge on any atom is -0.389 e. The van der Waals surface area contributed by atoms with Crippen molar-refractivity contribution in [2.24, 2.45) is 5.92 Å². The van der Waals surface area contributed by atoms with Crippen molar-refractivity contribution in [2.45, 2.75) is 56.0 Å². The molecule has 1 aliphatic carbocycles. The maximum absolute atomic E-state index is 13.6. The van der Waals surface area contributed by atoms with Gasteiger partial charge in [0.25, 0.3) is 0 Å². The van der Waals surface area contributed by atoms with Gasteiger partial charge in [-0.15, -0.1) is 0 Å². The van der Waals surface area contributed by atoms with Crippen LogP contribution in [0.4, 0.5) is 8.78 Å². The lowest BCUT2D eigenvalue weighted by molar-refractivity contribution is -0.0864. The predicted molar refractivity (Wildman–Crippen MR) is 90.6 cm³/mol. The molecule has 0 aromatic carbocycles. The van der Waals surface area contributed by atoms with E-state index in [-0.39, 0.29) is 24.7 Å². The van der Waals surface area contributed by atoms with Crippen molar-refractivity contribution >= 4 is 11.6 Å². The molecule has 1 atom stereocenters. The molecule has 1 aromatic heterocycles.